The monoisotopic (exact) mass is 268 g/mol. The first-order chi connectivity index (χ1) is 6.83. The fourth-order valence-electron chi connectivity index (χ4n) is 0.799. The lowest BCUT2D eigenvalue weighted by atomic mass is 10.5. The predicted molar refractivity (Wildman–Crippen MR) is 55.3 cm³/mol. The van der Waals surface area contributed by atoms with Gasteiger partial charge >= 0.3 is 0 Å². The topological polar surface area (TPSA) is 76.1 Å². The van der Waals surface area contributed by atoms with Crippen molar-refractivity contribution in [2.75, 3.05) is 0 Å². The van der Waals surface area contributed by atoms with Crippen LogP contribution in [0, 0.1) is 0 Å². The van der Waals surface area contributed by atoms with Crippen molar-refractivity contribution in [3.05, 3.63) is 22.4 Å². The van der Waals surface area contributed by atoms with Crippen LogP contribution in [0.25, 0.3) is 0 Å². The van der Waals surface area contributed by atoms with Gasteiger partial charge in [0, 0.05) is 13.1 Å². The van der Waals surface area contributed by atoms with Crippen molar-refractivity contribution < 1.29 is 13.2 Å². The summed E-state index contributed by atoms with van der Waals surface area (Å²) in [6, 6.07) is 1.11. The maximum absolute atomic E-state index is 11.4. The van der Waals surface area contributed by atoms with E-state index in [2.05, 4.69) is 4.98 Å². The van der Waals surface area contributed by atoms with Gasteiger partial charge in [0.05, 0.1) is 5.02 Å². The molecule has 0 aliphatic heterocycles. The van der Waals surface area contributed by atoms with E-state index in [1.54, 1.807) is 4.72 Å². The summed E-state index contributed by atoms with van der Waals surface area (Å²) in [4.78, 5) is 14.0. The zero-order valence-electron chi connectivity index (χ0n) is 7.49. The van der Waals surface area contributed by atoms with Gasteiger partial charge in [-0.25, -0.2) is 18.1 Å². The van der Waals surface area contributed by atoms with Crippen LogP contribution in [0.3, 0.4) is 0 Å². The number of halogens is 2. The molecule has 1 heterocycles. The fourth-order valence-corrected chi connectivity index (χ4v) is 2.09. The van der Waals surface area contributed by atoms with Gasteiger partial charge < -0.3 is 0 Å². The van der Waals surface area contributed by atoms with Crippen molar-refractivity contribution in [2.45, 2.75) is 11.8 Å². The normalized spacial score (nSPS) is 11.1. The lowest BCUT2D eigenvalue weighted by molar-refractivity contribution is -0.117. The molecule has 0 saturated carbocycles. The van der Waals surface area contributed by atoms with E-state index in [0.29, 0.717) is 0 Å². The highest BCUT2D eigenvalue weighted by Crippen LogP contribution is 2.21. The van der Waals surface area contributed by atoms with E-state index in [0.717, 1.165) is 19.2 Å². The van der Waals surface area contributed by atoms with Crippen LogP contribution < -0.4 is 4.72 Å². The van der Waals surface area contributed by atoms with Gasteiger partial charge in [0.25, 0.3) is 10.0 Å². The van der Waals surface area contributed by atoms with E-state index in [-0.39, 0.29) is 15.1 Å². The third-order valence-corrected chi connectivity index (χ3v) is 3.45. The van der Waals surface area contributed by atoms with Crippen LogP contribution in [0.15, 0.2) is 17.2 Å². The van der Waals surface area contributed by atoms with Gasteiger partial charge in [0.1, 0.15) is 10.0 Å². The van der Waals surface area contributed by atoms with Crippen LogP contribution in [0.1, 0.15) is 6.92 Å². The van der Waals surface area contributed by atoms with E-state index in [9.17, 15) is 13.2 Å². The van der Waals surface area contributed by atoms with E-state index >= 15 is 0 Å². The Kier molecular flexibility index (Phi) is 3.54. The summed E-state index contributed by atoms with van der Waals surface area (Å²) in [7, 11) is -3.90. The maximum Gasteiger partial charge on any atom is 0.265 e. The molecule has 0 atom stereocenters. The Morgan fingerprint density at radius 2 is 2.07 bits per heavy atom. The lowest BCUT2D eigenvalue weighted by Gasteiger charge is -2.04. The standard InChI is InChI=1S/C7H6Cl2N2O3S/c1-4(12)11-15(13,14)5-2-6(8)7(9)10-3-5/h2-3H,1H3,(H,11,12). The average molecular weight is 269 g/mol. The molecule has 0 fully saturated rings. The first-order valence-corrected chi connectivity index (χ1v) is 5.91. The number of hydrogen-bond acceptors (Lipinski definition) is 4. The number of hydrogen-bond donors (Lipinski definition) is 1. The van der Waals surface area contributed by atoms with Gasteiger partial charge in [0.15, 0.2) is 0 Å². The highest BCUT2D eigenvalue weighted by atomic mass is 35.5. The Morgan fingerprint density at radius 3 is 2.53 bits per heavy atom. The van der Waals surface area contributed by atoms with Crippen molar-refractivity contribution in [2.24, 2.45) is 0 Å². The molecule has 0 aliphatic carbocycles. The smallest absolute Gasteiger partial charge is 0.265 e. The molecule has 5 nitrogen and oxygen atoms in total. The number of rotatable bonds is 2. The summed E-state index contributed by atoms with van der Waals surface area (Å²) >= 11 is 11.1. The molecule has 0 aromatic carbocycles. The molecule has 0 aliphatic rings. The molecule has 82 valence electrons. The van der Waals surface area contributed by atoms with E-state index in [4.69, 9.17) is 23.2 Å². The van der Waals surface area contributed by atoms with E-state index < -0.39 is 15.9 Å². The minimum absolute atomic E-state index is 0.00144. The van der Waals surface area contributed by atoms with Crippen LogP contribution in [0.5, 0.6) is 0 Å². The highest BCUT2D eigenvalue weighted by molar-refractivity contribution is 7.90. The molecular formula is C7H6Cl2N2O3S. The van der Waals surface area contributed by atoms with Crippen LogP contribution in [0.2, 0.25) is 10.2 Å². The zero-order chi connectivity index (χ0) is 11.6. The molecule has 1 N–H and O–H groups in total. The van der Waals surface area contributed by atoms with Crippen LogP contribution >= 0.6 is 23.2 Å². The fraction of sp³-hybridized carbons (Fsp3) is 0.143. The third-order valence-electron chi connectivity index (χ3n) is 1.36. The summed E-state index contributed by atoms with van der Waals surface area (Å²) in [5, 5.41) is 0.00142. The maximum atomic E-state index is 11.4. The number of carbonyl (C=O) groups is 1. The zero-order valence-corrected chi connectivity index (χ0v) is 9.82. The van der Waals surface area contributed by atoms with Gasteiger partial charge in [-0.2, -0.15) is 0 Å². The molecule has 15 heavy (non-hydrogen) atoms. The Balaban J connectivity index is 3.17. The van der Waals surface area contributed by atoms with Crippen molar-refractivity contribution >= 4 is 39.1 Å². The quantitative estimate of drug-likeness (QED) is 0.819. The molecule has 0 saturated heterocycles. The lowest BCUT2D eigenvalue weighted by Crippen LogP contribution is -2.28. The van der Waals surface area contributed by atoms with Gasteiger partial charge in [-0.1, -0.05) is 23.2 Å². The molecule has 1 amide bonds. The summed E-state index contributed by atoms with van der Waals surface area (Å²) in [6.45, 7) is 1.09. The molecule has 0 spiro atoms. The molecule has 0 bridgehead atoms. The number of pyridine rings is 1. The number of amides is 1. The summed E-state index contributed by atoms with van der Waals surface area (Å²) in [5.41, 5.74) is 0. The first-order valence-electron chi connectivity index (χ1n) is 3.67. The molecule has 8 heteroatoms. The number of nitrogens with zero attached hydrogens (tertiary/aromatic N) is 1. The number of aromatic nitrogens is 1. The van der Waals surface area contributed by atoms with Gasteiger partial charge in [-0.05, 0) is 6.07 Å². The van der Waals surface area contributed by atoms with Crippen molar-refractivity contribution in [3.63, 3.8) is 0 Å². The van der Waals surface area contributed by atoms with Crippen LogP contribution in [-0.4, -0.2) is 19.3 Å². The summed E-state index contributed by atoms with van der Waals surface area (Å²) in [5.74, 6) is -0.693. The Morgan fingerprint density at radius 1 is 1.47 bits per heavy atom. The largest absolute Gasteiger partial charge is 0.274 e. The molecule has 0 radical (unpaired) electrons. The average Bonchev–Trinajstić information content (AvgIpc) is 2.07. The number of carbonyl (C=O) groups excluding carboxylic acids is 1. The second-order valence-corrected chi connectivity index (χ2v) is 5.05. The third kappa shape index (κ3) is 3.05. The van der Waals surface area contributed by atoms with Crippen LogP contribution in [0.4, 0.5) is 0 Å². The molecule has 0 unspecified atom stereocenters. The SMILES string of the molecule is CC(=O)NS(=O)(=O)c1cnc(Cl)c(Cl)c1. The predicted octanol–water partition coefficient (Wildman–Crippen LogP) is 1.21. The molecular weight excluding hydrogens is 263 g/mol. The summed E-state index contributed by atoms with van der Waals surface area (Å²) < 4.78 is 24.6. The van der Waals surface area contributed by atoms with Gasteiger partial charge in [-0.15, -0.1) is 0 Å². The summed E-state index contributed by atoms with van der Waals surface area (Å²) in [6.07, 6.45) is 1.01. The molecule has 1 aromatic heterocycles. The second-order valence-electron chi connectivity index (χ2n) is 2.61. The molecule has 1 aromatic rings. The second kappa shape index (κ2) is 4.34. The molecule has 1 rings (SSSR count). The van der Waals surface area contributed by atoms with Crippen LogP contribution in [-0.2, 0) is 14.8 Å². The van der Waals surface area contributed by atoms with Gasteiger partial charge in [0.2, 0.25) is 5.91 Å². The number of nitrogens with one attached hydrogen (secondary N) is 1. The Labute approximate surface area is 96.5 Å². The van der Waals surface area contributed by atoms with Crippen molar-refractivity contribution in [3.8, 4) is 0 Å². The minimum Gasteiger partial charge on any atom is -0.274 e. The van der Waals surface area contributed by atoms with Crippen molar-refractivity contribution in [1.29, 1.82) is 0 Å². The highest BCUT2D eigenvalue weighted by Gasteiger charge is 2.17. The van der Waals surface area contributed by atoms with Crippen molar-refractivity contribution in [1.82, 2.24) is 9.71 Å². The first kappa shape index (κ1) is 12.2. The Bertz CT molecular complexity index is 501. The Hall–Kier alpha value is -0.850. The van der Waals surface area contributed by atoms with Gasteiger partial charge in [-0.3, -0.25) is 4.79 Å². The minimum atomic E-state index is -3.90. The number of sulfonamides is 1. The van der Waals surface area contributed by atoms with E-state index in [1.165, 1.54) is 0 Å². The van der Waals surface area contributed by atoms with E-state index in [1.807, 2.05) is 0 Å².